The molecule has 1 N–H and O–H groups in total. The molecule has 0 fully saturated rings. The summed E-state index contributed by atoms with van der Waals surface area (Å²) >= 11 is 1.42. The molecule has 0 unspecified atom stereocenters. The van der Waals surface area contributed by atoms with Crippen LogP contribution in [0.2, 0.25) is 0 Å². The van der Waals surface area contributed by atoms with Crippen molar-refractivity contribution in [1.29, 1.82) is 0 Å². The molecule has 6 nitrogen and oxygen atoms in total. The molecule has 7 heteroatoms. The highest BCUT2D eigenvalue weighted by atomic mass is 32.1. The van der Waals surface area contributed by atoms with E-state index in [9.17, 15) is 4.79 Å². The van der Waals surface area contributed by atoms with Gasteiger partial charge in [-0.3, -0.25) is 10.3 Å². The molecular formula is C16H23N5OS. The van der Waals surface area contributed by atoms with E-state index in [1.807, 2.05) is 25.1 Å². The zero-order chi connectivity index (χ0) is 17.0. The van der Waals surface area contributed by atoms with E-state index >= 15 is 0 Å². The van der Waals surface area contributed by atoms with Gasteiger partial charge in [0.1, 0.15) is 5.01 Å². The lowest BCUT2D eigenvalue weighted by Crippen LogP contribution is -2.33. The van der Waals surface area contributed by atoms with E-state index in [0.29, 0.717) is 5.13 Å². The van der Waals surface area contributed by atoms with Crippen LogP contribution in [0.25, 0.3) is 0 Å². The number of rotatable bonds is 5. The van der Waals surface area contributed by atoms with Gasteiger partial charge in [-0.15, -0.1) is 10.2 Å². The van der Waals surface area contributed by atoms with Gasteiger partial charge in [-0.05, 0) is 25.5 Å². The number of anilines is 1. The van der Waals surface area contributed by atoms with Crippen molar-refractivity contribution in [3.63, 3.8) is 0 Å². The van der Waals surface area contributed by atoms with Crippen molar-refractivity contribution < 1.29 is 4.79 Å². The number of nitrogens with one attached hydrogen (secondary N) is 1. The zero-order valence-electron chi connectivity index (χ0n) is 14.2. The fraction of sp³-hybridized carbons (Fsp3) is 0.500. The van der Waals surface area contributed by atoms with Gasteiger partial charge >= 0.3 is 6.03 Å². The van der Waals surface area contributed by atoms with Crippen molar-refractivity contribution >= 4 is 22.5 Å². The average Bonchev–Trinajstić information content (AvgIpc) is 3.03. The van der Waals surface area contributed by atoms with E-state index in [1.54, 1.807) is 18.1 Å². The molecule has 1 atom stereocenters. The minimum Gasteiger partial charge on any atom is -0.319 e. The third-order valence-corrected chi connectivity index (χ3v) is 5.32. The summed E-state index contributed by atoms with van der Waals surface area (Å²) in [5.41, 5.74) is 0.809. The first-order chi connectivity index (χ1) is 10.8. The third-order valence-electron chi connectivity index (χ3n) is 4.12. The summed E-state index contributed by atoms with van der Waals surface area (Å²) in [6.07, 6.45) is 2.69. The van der Waals surface area contributed by atoms with Gasteiger partial charge < -0.3 is 4.90 Å². The Morgan fingerprint density at radius 2 is 2.13 bits per heavy atom. The Morgan fingerprint density at radius 1 is 1.39 bits per heavy atom. The van der Waals surface area contributed by atoms with E-state index in [-0.39, 0.29) is 17.5 Å². The quantitative estimate of drug-likeness (QED) is 0.902. The van der Waals surface area contributed by atoms with Crippen LogP contribution in [0.1, 0.15) is 50.9 Å². The van der Waals surface area contributed by atoms with Gasteiger partial charge in [-0.2, -0.15) is 0 Å². The van der Waals surface area contributed by atoms with Crippen LogP contribution < -0.4 is 5.32 Å². The zero-order valence-corrected chi connectivity index (χ0v) is 15.0. The van der Waals surface area contributed by atoms with Crippen molar-refractivity contribution in [3.8, 4) is 0 Å². The SMILES string of the molecule is CCC(C)(C)c1nnc(NC(=O)N(C)[C@@H](C)c2ccccn2)s1. The van der Waals surface area contributed by atoms with Crippen LogP contribution in [-0.2, 0) is 5.41 Å². The maximum Gasteiger partial charge on any atom is 0.323 e. The van der Waals surface area contributed by atoms with Crippen LogP contribution in [-0.4, -0.2) is 33.2 Å². The molecule has 23 heavy (non-hydrogen) atoms. The minimum atomic E-state index is -0.222. The van der Waals surface area contributed by atoms with Gasteiger partial charge in [0, 0.05) is 18.7 Å². The number of nitrogens with zero attached hydrogens (tertiary/aromatic N) is 4. The van der Waals surface area contributed by atoms with Crippen molar-refractivity contribution in [2.24, 2.45) is 0 Å². The van der Waals surface area contributed by atoms with Gasteiger partial charge in [0.25, 0.3) is 0 Å². The Labute approximate surface area is 141 Å². The molecule has 2 aromatic rings. The van der Waals surface area contributed by atoms with E-state index in [2.05, 4.69) is 41.3 Å². The van der Waals surface area contributed by atoms with Crippen LogP contribution in [0.4, 0.5) is 9.93 Å². The monoisotopic (exact) mass is 333 g/mol. The van der Waals surface area contributed by atoms with Crippen molar-refractivity contribution in [1.82, 2.24) is 20.1 Å². The summed E-state index contributed by atoms with van der Waals surface area (Å²) in [7, 11) is 1.74. The number of hydrogen-bond donors (Lipinski definition) is 1. The lowest BCUT2D eigenvalue weighted by molar-refractivity contribution is 0.207. The maximum atomic E-state index is 12.4. The van der Waals surface area contributed by atoms with Gasteiger partial charge in [-0.25, -0.2) is 4.79 Å². The molecule has 2 aromatic heterocycles. The summed E-state index contributed by atoms with van der Waals surface area (Å²) in [4.78, 5) is 18.3. The highest BCUT2D eigenvalue weighted by molar-refractivity contribution is 7.15. The van der Waals surface area contributed by atoms with Crippen LogP contribution in [0.3, 0.4) is 0 Å². The predicted molar refractivity (Wildman–Crippen MR) is 92.7 cm³/mol. The molecule has 2 rings (SSSR count). The van der Waals surface area contributed by atoms with Crippen LogP contribution in [0.5, 0.6) is 0 Å². The normalized spacial score (nSPS) is 12.7. The van der Waals surface area contributed by atoms with E-state index in [0.717, 1.165) is 17.1 Å². The Bertz CT molecular complexity index is 656. The molecule has 2 amide bonds. The fourth-order valence-electron chi connectivity index (χ4n) is 1.88. The molecule has 0 radical (unpaired) electrons. The molecular weight excluding hydrogens is 310 g/mol. The van der Waals surface area contributed by atoms with E-state index in [4.69, 9.17) is 0 Å². The second-order valence-corrected chi connectivity index (χ2v) is 7.10. The molecule has 0 aromatic carbocycles. The van der Waals surface area contributed by atoms with Crippen LogP contribution >= 0.6 is 11.3 Å². The Balaban J connectivity index is 2.04. The number of urea groups is 1. The molecule has 0 spiro atoms. The smallest absolute Gasteiger partial charge is 0.319 e. The van der Waals surface area contributed by atoms with Crippen LogP contribution in [0.15, 0.2) is 24.4 Å². The lowest BCUT2D eigenvalue weighted by Gasteiger charge is -2.24. The number of carbonyl (C=O) groups excluding carboxylic acids is 1. The standard InChI is InChI=1S/C16H23N5OS/c1-6-16(3,4)13-19-20-14(23-13)18-15(22)21(5)11(2)12-9-7-8-10-17-12/h7-11H,6H2,1-5H3,(H,18,20,22)/t11-/m0/s1. The van der Waals surface area contributed by atoms with Crippen molar-refractivity contribution in [2.45, 2.75) is 45.6 Å². The maximum absolute atomic E-state index is 12.4. The van der Waals surface area contributed by atoms with Gasteiger partial charge in [0.2, 0.25) is 5.13 Å². The number of carbonyl (C=O) groups is 1. The van der Waals surface area contributed by atoms with E-state index < -0.39 is 0 Å². The first-order valence-electron chi connectivity index (χ1n) is 7.64. The predicted octanol–water partition coefficient (Wildman–Crippen LogP) is 3.85. The van der Waals surface area contributed by atoms with Crippen molar-refractivity contribution in [2.75, 3.05) is 12.4 Å². The molecule has 0 saturated heterocycles. The second-order valence-electron chi connectivity index (χ2n) is 6.12. The van der Waals surface area contributed by atoms with Gasteiger partial charge in [0.15, 0.2) is 0 Å². The topological polar surface area (TPSA) is 71.0 Å². The van der Waals surface area contributed by atoms with E-state index in [1.165, 1.54) is 11.3 Å². The first kappa shape index (κ1) is 17.3. The summed E-state index contributed by atoms with van der Waals surface area (Å²) in [5, 5.41) is 12.5. The summed E-state index contributed by atoms with van der Waals surface area (Å²) in [6.45, 7) is 8.29. The Kier molecular flexibility index (Phi) is 5.30. The van der Waals surface area contributed by atoms with Crippen molar-refractivity contribution in [3.05, 3.63) is 35.1 Å². The number of hydrogen-bond acceptors (Lipinski definition) is 5. The Morgan fingerprint density at radius 3 is 2.74 bits per heavy atom. The molecule has 2 heterocycles. The number of aromatic nitrogens is 3. The second kappa shape index (κ2) is 7.04. The summed E-state index contributed by atoms with van der Waals surface area (Å²) in [5.74, 6) is 0. The number of amides is 2. The molecule has 0 saturated carbocycles. The first-order valence-corrected chi connectivity index (χ1v) is 8.45. The van der Waals surface area contributed by atoms with Crippen LogP contribution in [0, 0.1) is 0 Å². The molecule has 0 bridgehead atoms. The largest absolute Gasteiger partial charge is 0.323 e. The Hall–Kier alpha value is -2.02. The minimum absolute atomic E-state index is 0.0339. The highest BCUT2D eigenvalue weighted by Crippen LogP contribution is 2.31. The van der Waals surface area contributed by atoms with Gasteiger partial charge in [0.05, 0.1) is 11.7 Å². The molecule has 0 aliphatic rings. The summed E-state index contributed by atoms with van der Waals surface area (Å²) < 4.78 is 0. The number of pyridine rings is 1. The highest BCUT2D eigenvalue weighted by Gasteiger charge is 2.25. The lowest BCUT2D eigenvalue weighted by atomic mass is 9.91. The molecule has 0 aliphatic carbocycles. The molecule has 124 valence electrons. The molecule has 0 aliphatic heterocycles. The van der Waals surface area contributed by atoms with Gasteiger partial charge in [-0.1, -0.05) is 38.2 Å². The summed E-state index contributed by atoms with van der Waals surface area (Å²) in [6, 6.07) is 5.32. The third kappa shape index (κ3) is 4.04. The average molecular weight is 333 g/mol. The fourth-order valence-corrected chi connectivity index (χ4v) is 2.78.